The van der Waals surface area contributed by atoms with Gasteiger partial charge in [-0.3, -0.25) is 0 Å². The van der Waals surface area contributed by atoms with Crippen molar-refractivity contribution in [3.8, 4) is 17.2 Å². The predicted octanol–water partition coefficient (Wildman–Crippen LogP) is 4.07. The van der Waals surface area contributed by atoms with Gasteiger partial charge in [0.15, 0.2) is 0 Å². The fraction of sp³-hybridized carbons (Fsp3) is 0.300. The number of isocyanates is 2. The Kier molecular flexibility index (Phi) is 8.37. The van der Waals surface area contributed by atoms with Crippen LogP contribution in [-0.4, -0.2) is 31.4 Å². The van der Waals surface area contributed by atoms with Crippen LogP contribution in [0.1, 0.15) is 19.3 Å². The number of hydrogen-bond donors (Lipinski definition) is 0. The Balaban J connectivity index is 1.80. The Hall–Kier alpha value is -3.20. The summed E-state index contributed by atoms with van der Waals surface area (Å²) in [5.74, 6) is 2.14. The van der Waals surface area contributed by atoms with Gasteiger partial charge in [-0.15, -0.1) is 0 Å². The van der Waals surface area contributed by atoms with Crippen LogP contribution in [0, 0.1) is 0 Å². The minimum Gasteiger partial charge on any atom is -0.491 e. The lowest BCUT2D eigenvalue weighted by molar-refractivity contribution is 0.280. The fourth-order valence-corrected chi connectivity index (χ4v) is 2.30. The standard InChI is InChI=1S/C20H20N2O4/c23-15-21-13-5-4-6-17(22-16-24)14-25-18-9-11-20(12-10-18)26-19-7-2-1-3-8-19/h1-3,7-12,17H,4-6,13-14H2. The summed E-state index contributed by atoms with van der Waals surface area (Å²) >= 11 is 0. The highest BCUT2D eigenvalue weighted by Crippen LogP contribution is 2.23. The van der Waals surface area contributed by atoms with Gasteiger partial charge in [0, 0.05) is 0 Å². The van der Waals surface area contributed by atoms with Crippen LogP contribution in [0.4, 0.5) is 0 Å². The maximum atomic E-state index is 10.5. The number of benzene rings is 2. The van der Waals surface area contributed by atoms with Gasteiger partial charge >= 0.3 is 0 Å². The van der Waals surface area contributed by atoms with Gasteiger partial charge in [0.1, 0.15) is 23.9 Å². The molecule has 2 rings (SSSR count). The Morgan fingerprint density at radius 3 is 2.23 bits per heavy atom. The van der Waals surface area contributed by atoms with Gasteiger partial charge in [0.25, 0.3) is 0 Å². The summed E-state index contributed by atoms with van der Waals surface area (Å²) < 4.78 is 11.4. The SMILES string of the molecule is O=C=NCCCCC(COc1ccc(Oc2ccccc2)cc1)N=C=O. The Labute approximate surface area is 152 Å². The van der Waals surface area contributed by atoms with Gasteiger partial charge in [-0.05, 0) is 55.7 Å². The molecular formula is C20H20N2O4. The minimum absolute atomic E-state index is 0.270. The summed E-state index contributed by atoms with van der Waals surface area (Å²) in [5, 5.41) is 0. The number of ether oxygens (including phenoxy) is 2. The van der Waals surface area contributed by atoms with Crippen molar-refractivity contribution in [2.75, 3.05) is 13.2 Å². The third kappa shape index (κ3) is 7.14. The molecule has 2 aromatic carbocycles. The van der Waals surface area contributed by atoms with Crippen LogP contribution >= 0.6 is 0 Å². The van der Waals surface area contributed by atoms with Crippen molar-refractivity contribution >= 4 is 12.2 Å². The topological polar surface area (TPSA) is 77.3 Å². The molecule has 0 heterocycles. The van der Waals surface area contributed by atoms with Crippen molar-refractivity contribution in [2.45, 2.75) is 25.3 Å². The molecule has 0 radical (unpaired) electrons. The third-order valence-corrected chi connectivity index (χ3v) is 3.60. The van der Waals surface area contributed by atoms with Crippen molar-refractivity contribution in [2.24, 2.45) is 9.98 Å². The highest BCUT2D eigenvalue weighted by molar-refractivity contribution is 5.35. The molecule has 0 saturated heterocycles. The van der Waals surface area contributed by atoms with Crippen LogP contribution in [-0.2, 0) is 9.59 Å². The fourth-order valence-electron chi connectivity index (χ4n) is 2.30. The van der Waals surface area contributed by atoms with Crippen molar-refractivity contribution in [1.29, 1.82) is 0 Å². The van der Waals surface area contributed by atoms with Gasteiger partial charge in [-0.1, -0.05) is 18.2 Å². The lowest BCUT2D eigenvalue weighted by atomic mass is 10.1. The summed E-state index contributed by atoms with van der Waals surface area (Å²) in [7, 11) is 0. The van der Waals surface area contributed by atoms with Crippen LogP contribution < -0.4 is 9.47 Å². The summed E-state index contributed by atoms with van der Waals surface area (Å²) in [4.78, 5) is 27.8. The first-order valence-corrected chi connectivity index (χ1v) is 8.38. The molecule has 134 valence electrons. The average Bonchev–Trinajstić information content (AvgIpc) is 2.68. The molecular weight excluding hydrogens is 332 g/mol. The third-order valence-electron chi connectivity index (χ3n) is 3.60. The van der Waals surface area contributed by atoms with Gasteiger partial charge in [0.2, 0.25) is 12.2 Å². The van der Waals surface area contributed by atoms with Crippen LogP contribution in [0.15, 0.2) is 64.6 Å². The molecule has 2 aromatic rings. The number of carbonyl (C=O) groups excluding carboxylic acids is 2. The number of aliphatic imine (C=N–C) groups is 2. The molecule has 0 N–H and O–H groups in total. The van der Waals surface area contributed by atoms with Crippen molar-refractivity contribution in [3.05, 3.63) is 54.6 Å². The summed E-state index contributed by atoms with van der Waals surface area (Å²) in [6.45, 7) is 0.718. The first-order valence-electron chi connectivity index (χ1n) is 8.38. The Bertz CT molecular complexity index is 749. The molecule has 26 heavy (non-hydrogen) atoms. The summed E-state index contributed by atoms with van der Waals surface area (Å²) in [6.07, 6.45) is 5.28. The van der Waals surface area contributed by atoms with E-state index in [0.717, 1.165) is 18.6 Å². The zero-order valence-electron chi connectivity index (χ0n) is 14.3. The van der Waals surface area contributed by atoms with E-state index in [9.17, 15) is 9.59 Å². The zero-order valence-corrected chi connectivity index (χ0v) is 14.3. The van der Waals surface area contributed by atoms with Crippen LogP contribution in [0.5, 0.6) is 17.2 Å². The predicted molar refractivity (Wildman–Crippen MR) is 97.2 cm³/mol. The molecule has 0 aliphatic heterocycles. The highest BCUT2D eigenvalue weighted by atomic mass is 16.5. The van der Waals surface area contributed by atoms with Crippen molar-refractivity contribution in [3.63, 3.8) is 0 Å². The van der Waals surface area contributed by atoms with E-state index < -0.39 is 0 Å². The zero-order chi connectivity index (χ0) is 18.5. The number of unbranched alkanes of at least 4 members (excludes halogenated alkanes) is 1. The molecule has 0 fully saturated rings. The molecule has 0 bridgehead atoms. The van der Waals surface area contributed by atoms with E-state index in [0.29, 0.717) is 24.5 Å². The Morgan fingerprint density at radius 1 is 0.846 bits per heavy atom. The molecule has 6 nitrogen and oxygen atoms in total. The van der Waals surface area contributed by atoms with E-state index in [1.807, 2.05) is 42.5 Å². The van der Waals surface area contributed by atoms with Crippen molar-refractivity contribution < 1.29 is 19.1 Å². The maximum Gasteiger partial charge on any atom is 0.235 e. The monoisotopic (exact) mass is 352 g/mol. The minimum atomic E-state index is -0.270. The number of nitrogens with zero attached hydrogens (tertiary/aromatic N) is 2. The second kappa shape index (κ2) is 11.4. The smallest absolute Gasteiger partial charge is 0.235 e. The van der Waals surface area contributed by atoms with E-state index >= 15 is 0 Å². The number of rotatable bonds is 11. The van der Waals surface area contributed by atoms with E-state index in [1.54, 1.807) is 18.2 Å². The maximum absolute atomic E-state index is 10.5. The van der Waals surface area contributed by atoms with Crippen LogP contribution in [0.2, 0.25) is 0 Å². The summed E-state index contributed by atoms with van der Waals surface area (Å²) in [5.41, 5.74) is 0. The molecule has 0 spiro atoms. The molecule has 0 amide bonds. The van der Waals surface area contributed by atoms with Gasteiger partial charge < -0.3 is 9.47 Å². The first-order chi connectivity index (χ1) is 12.8. The van der Waals surface area contributed by atoms with Crippen LogP contribution in [0.25, 0.3) is 0 Å². The second-order valence-corrected chi connectivity index (χ2v) is 5.54. The van der Waals surface area contributed by atoms with Crippen LogP contribution in [0.3, 0.4) is 0 Å². The van der Waals surface area contributed by atoms with E-state index in [2.05, 4.69) is 9.98 Å². The van der Waals surface area contributed by atoms with Gasteiger partial charge in [0.05, 0.1) is 12.6 Å². The lowest BCUT2D eigenvalue weighted by Crippen LogP contribution is -2.16. The van der Waals surface area contributed by atoms with E-state index in [4.69, 9.17) is 9.47 Å². The molecule has 0 aliphatic carbocycles. The Morgan fingerprint density at radius 2 is 1.54 bits per heavy atom. The van der Waals surface area contributed by atoms with Gasteiger partial charge in [-0.2, -0.15) is 4.99 Å². The molecule has 1 unspecified atom stereocenters. The number of hydrogen-bond acceptors (Lipinski definition) is 6. The average molecular weight is 352 g/mol. The molecule has 0 aliphatic rings. The normalized spacial score (nSPS) is 10.9. The van der Waals surface area contributed by atoms with E-state index in [-0.39, 0.29) is 12.6 Å². The van der Waals surface area contributed by atoms with Gasteiger partial charge in [-0.25, -0.2) is 14.6 Å². The first kappa shape index (κ1) is 19.1. The second-order valence-electron chi connectivity index (χ2n) is 5.54. The number of para-hydroxylation sites is 1. The summed E-state index contributed by atoms with van der Waals surface area (Å²) in [6, 6.07) is 16.5. The lowest BCUT2D eigenvalue weighted by Gasteiger charge is -2.12. The largest absolute Gasteiger partial charge is 0.491 e. The molecule has 0 saturated carbocycles. The molecule has 0 aromatic heterocycles. The molecule has 1 atom stereocenters. The highest BCUT2D eigenvalue weighted by Gasteiger charge is 2.08. The molecule has 6 heteroatoms. The van der Waals surface area contributed by atoms with E-state index in [1.165, 1.54) is 6.08 Å². The quantitative estimate of drug-likeness (QED) is 0.347. The van der Waals surface area contributed by atoms with Crippen molar-refractivity contribution in [1.82, 2.24) is 0 Å².